The number of hydrogen-bond acceptors (Lipinski definition) is 0. The van der Waals surface area contributed by atoms with Crippen LogP contribution in [0, 0.1) is 9.89 Å². The predicted octanol–water partition coefficient (Wildman–Crippen LogP) is 3.18. The zero-order chi connectivity index (χ0) is 12.9. The summed E-state index contributed by atoms with van der Waals surface area (Å²) in [4.78, 5) is 0. The Balaban J connectivity index is 1.89. The van der Waals surface area contributed by atoms with Gasteiger partial charge >= 0.3 is 124 Å². The van der Waals surface area contributed by atoms with Crippen LogP contribution in [0.25, 0.3) is 10.8 Å². The SMILES string of the molecule is C(#Cc1ccccc1)[Te]c1cccc2ccccc12. The molecule has 0 saturated heterocycles. The van der Waals surface area contributed by atoms with E-state index in [2.05, 4.69) is 64.5 Å². The second kappa shape index (κ2) is 5.94. The van der Waals surface area contributed by atoms with Crippen LogP contribution in [0.15, 0.2) is 72.8 Å². The molecule has 90 valence electrons. The van der Waals surface area contributed by atoms with Crippen LogP contribution >= 0.6 is 0 Å². The molecule has 0 amide bonds. The van der Waals surface area contributed by atoms with Gasteiger partial charge in [0.1, 0.15) is 0 Å². The van der Waals surface area contributed by atoms with E-state index in [9.17, 15) is 0 Å². The Morgan fingerprint density at radius 1 is 0.684 bits per heavy atom. The fraction of sp³-hybridized carbons (Fsp3) is 0. The molecule has 0 nitrogen and oxygen atoms in total. The van der Waals surface area contributed by atoms with Gasteiger partial charge in [0.05, 0.1) is 0 Å². The molecule has 0 atom stereocenters. The summed E-state index contributed by atoms with van der Waals surface area (Å²) in [6.07, 6.45) is 0. The van der Waals surface area contributed by atoms with Crippen molar-refractivity contribution < 1.29 is 0 Å². The van der Waals surface area contributed by atoms with Crippen LogP contribution in [0.4, 0.5) is 0 Å². The molecule has 1 heteroatoms. The topological polar surface area (TPSA) is 0 Å². The summed E-state index contributed by atoms with van der Waals surface area (Å²) < 4.78 is 4.81. The molecule has 0 aromatic heterocycles. The Hall–Kier alpha value is -1.73. The van der Waals surface area contributed by atoms with E-state index in [4.69, 9.17) is 0 Å². The first-order valence-corrected chi connectivity index (χ1v) is 8.47. The van der Waals surface area contributed by atoms with Gasteiger partial charge in [-0.2, -0.15) is 0 Å². The fourth-order valence-corrected chi connectivity index (χ4v) is 4.00. The Bertz CT molecular complexity index is 743. The molecule has 0 aliphatic rings. The Morgan fingerprint density at radius 3 is 2.32 bits per heavy atom. The van der Waals surface area contributed by atoms with Gasteiger partial charge in [-0.05, 0) is 0 Å². The van der Waals surface area contributed by atoms with E-state index in [1.165, 1.54) is 14.4 Å². The van der Waals surface area contributed by atoms with Crippen LogP contribution < -0.4 is 3.61 Å². The summed E-state index contributed by atoms with van der Waals surface area (Å²) in [7, 11) is 0. The Morgan fingerprint density at radius 2 is 1.42 bits per heavy atom. The van der Waals surface area contributed by atoms with Gasteiger partial charge in [-0.25, -0.2) is 0 Å². The first-order valence-electron chi connectivity index (χ1n) is 6.14. The first kappa shape index (κ1) is 12.3. The second-order valence-electron chi connectivity index (χ2n) is 4.17. The third kappa shape index (κ3) is 2.99. The van der Waals surface area contributed by atoms with E-state index in [1.807, 2.05) is 18.2 Å². The van der Waals surface area contributed by atoms with Crippen molar-refractivity contribution in [3.63, 3.8) is 0 Å². The fourth-order valence-electron chi connectivity index (χ4n) is 1.95. The molecule has 3 rings (SSSR count). The number of benzene rings is 3. The zero-order valence-corrected chi connectivity index (χ0v) is 12.7. The normalized spacial score (nSPS) is 9.89. The first-order chi connectivity index (χ1) is 9.43. The van der Waals surface area contributed by atoms with Crippen LogP contribution in [-0.2, 0) is 0 Å². The van der Waals surface area contributed by atoms with Crippen LogP contribution in [0.5, 0.6) is 0 Å². The quantitative estimate of drug-likeness (QED) is 0.464. The molecule has 19 heavy (non-hydrogen) atoms. The van der Waals surface area contributed by atoms with Crippen molar-refractivity contribution in [2.45, 2.75) is 0 Å². The second-order valence-corrected chi connectivity index (χ2v) is 6.59. The molecule has 0 N–H and O–H groups in total. The number of rotatable bonds is 1. The molecule has 3 aromatic carbocycles. The third-order valence-corrected chi connectivity index (χ3v) is 5.11. The van der Waals surface area contributed by atoms with Crippen LogP contribution in [-0.4, -0.2) is 20.9 Å². The molecule has 0 heterocycles. The molecular weight excluding hydrogens is 344 g/mol. The molecule has 0 aliphatic heterocycles. The van der Waals surface area contributed by atoms with Gasteiger partial charge in [0.2, 0.25) is 0 Å². The van der Waals surface area contributed by atoms with Gasteiger partial charge in [0.25, 0.3) is 0 Å². The molecule has 0 saturated carbocycles. The van der Waals surface area contributed by atoms with Gasteiger partial charge in [-0.15, -0.1) is 0 Å². The maximum absolute atomic E-state index is 3.39. The van der Waals surface area contributed by atoms with Gasteiger partial charge in [0, 0.05) is 0 Å². The van der Waals surface area contributed by atoms with E-state index < -0.39 is 20.9 Å². The maximum atomic E-state index is 3.39. The average Bonchev–Trinajstić information content (AvgIpc) is 2.49. The molecular formula is C18H12Te. The van der Waals surface area contributed by atoms with Crippen molar-refractivity contribution in [2.24, 2.45) is 0 Å². The molecule has 3 aromatic rings. The van der Waals surface area contributed by atoms with Crippen molar-refractivity contribution in [1.82, 2.24) is 0 Å². The van der Waals surface area contributed by atoms with E-state index in [-0.39, 0.29) is 0 Å². The van der Waals surface area contributed by atoms with Crippen LogP contribution in [0.3, 0.4) is 0 Å². The van der Waals surface area contributed by atoms with E-state index in [0.29, 0.717) is 0 Å². The van der Waals surface area contributed by atoms with Gasteiger partial charge < -0.3 is 0 Å². The number of fused-ring (bicyclic) bond motifs is 1. The van der Waals surface area contributed by atoms with Crippen molar-refractivity contribution in [1.29, 1.82) is 0 Å². The van der Waals surface area contributed by atoms with Crippen molar-refractivity contribution in [3.8, 4) is 9.89 Å². The molecule has 0 unspecified atom stereocenters. The number of hydrogen-bond donors (Lipinski definition) is 0. The van der Waals surface area contributed by atoms with Crippen molar-refractivity contribution in [3.05, 3.63) is 78.4 Å². The van der Waals surface area contributed by atoms with Crippen LogP contribution in [0.2, 0.25) is 0 Å². The minimum atomic E-state index is -0.453. The molecule has 0 bridgehead atoms. The van der Waals surface area contributed by atoms with Gasteiger partial charge in [-0.1, -0.05) is 0 Å². The van der Waals surface area contributed by atoms with Gasteiger partial charge in [0.15, 0.2) is 0 Å². The summed E-state index contributed by atoms with van der Waals surface area (Å²) in [5, 5.41) is 2.67. The standard InChI is InChI=1S/C18H12Te/c1-2-7-15(8-3-1)13-14-19-18-12-6-10-16-9-4-5-11-17(16)18/h1-12H. The minimum absolute atomic E-state index is 0.453. The summed E-state index contributed by atoms with van der Waals surface area (Å²) in [5.74, 6) is 3.27. The Kier molecular flexibility index (Phi) is 3.85. The van der Waals surface area contributed by atoms with Crippen LogP contribution in [0.1, 0.15) is 5.56 Å². The zero-order valence-electron chi connectivity index (χ0n) is 10.3. The predicted molar refractivity (Wildman–Crippen MR) is 82.7 cm³/mol. The summed E-state index contributed by atoms with van der Waals surface area (Å²) in [5.41, 5.74) is 1.10. The van der Waals surface area contributed by atoms with E-state index in [0.717, 1.165) is 5.56 Å². The monoisotopic (exact) mass is 358 g/mol. The molecule has 0 spiro atoms. The third-order valence-electron chi connectivity index (χ3n) is 2.88. The summed E-state index contributed by atoms with van der Waals surface area (Å²) in [6.45, 7) is 0. The molecule has 0 aliphatic carbocycles. The van der Waals surface area contributed by atoms with E-state index >= 15 is 0 Å². The van der Waals surface area contributed by atoms with Crippen molar-refractivity contribution >= 4 is 35.3 Å². The summed E-state index contributed by atoms with van der Waals surface area (Å²) in [6, 6.07) is 25.2. The Labute approximate surface area is 123 Å². The van der Waals surface area contributed by atoms with Gasteiger partial charge in [-0.3, -0.25) is 0 Å². The molecule has 0 fully saturated rings. The molecule has 0 radical (unpaired) electrons. The average molecular weight is 356 g/mol. The van der Waals surface area contributed by atoms with E-state index in [1.54, 1.807) is 0 Å². The van der Waals surface area contributed by atoms with Crippen molar-refractivity contribution in [2.75, 3.05) is 0 Å². The summed E-state index contributed by atoms with van der Waals surface area (Å²) >= 11 is -0.453.